The average Bonchev–Trinajstić information content (AvgIpc) is 3.31. The summed E-state index contributed by atoms with van der Waals surface area (Å²) in [4.78, 5) is 24.8. The first-order valence-electron chi connectivity index (χ1n) is 8.76. The van der Waals surface area contributed by atoms with Gasteiger partial charge >= 0.3 is 0 Å². The molecule has 3 N–H and O–H groups in total. The van der Waals surface area contributed by atoms with Gasteiger partial charge in [-0.2, -0.15) is 0 Å². The van der Waals surface area contributed by atoms with Crippen LogP contribution < -0.4 is 16.0 Å². The quantitative estimate of drug-likeness (QED) is 0.653. The highest BCUT2D eigenvalue weighted by Gasteiger charge is 2.44. The summed E-state index contributed by atoms with van der Waals surface area (Å²) in [6, 6.07) is 0. The second-order valence-corrected chi connectivity index (χ2v) is 7.84. The maximum Gasteiger partial charge on any atom is 0.228 e. The van der Waals surface area contributed by atoms with Gasteiger partial charge in [0.05, 0.1) is 5.41 Å². The smallest absolute Gasteiger partial charge is 0.228 e. The van der Waals surface area contributed by atoms with Gasteiger partial charge in [0, 0.05) is 26.1 Å². The second-order valence-electron chi connectivity index (χ2n) is 7.84. The van der Waals surface area contributed by atoms with Crippen molar-refractivity contribution >= 4 is 24.2 Å². The van der Waals surface area contributed by atoms with Crippen molar-refractivity contribution in [2.45, 2.75) is 39.5 Å². The van der Waals surface area contributed by atoms with Crippen molar-refractivity contribution in [1.29, 1.82) is 0 Å². The zero-order valence-electron chi connectivity index (χ0n) is 14.2. The van der Waals surface area contributed by atoms with Gasteiger partial charge in [0.25, 0.3) is 0 Å². The molecule has 0 aromatic heterocycles. The minimum Gasteiger partial charge on any atom is -0.356 e. The van der Waals surface area contributed by atoms with E-state index in [9.17, 15) is 9.59 Å². The number of hydrogen-bond donors (Lipinski definition) is 3. The molecule has 23 heavy (non-hydrogen) atoms. The van der Waals surface area contributed by atoms with E-state index in [1.165, 1.54) is 12.8 Å². The van der Waals surface area contributed by atoms with E-state index in [0.717, 1.165) is 37.9 Å². The highest BCUT2D eigenvalue weighted by Crippen LogP contribution is 2.38. The third-order valence-electron chi connectivity index (χ3n) is 5.86. The summed E-state index contributed by atoms with van der Waals surface area (Å²) < 4.78 is 0. The van der Waals surface area contributed by atoms with Crippen LogP contribution >= 0.6 is 12.4 Å². The summed E-state index contributed by atoms with van der Waals surface area (Å²) in [6.07, 6.45) is 3.50. The minimum atomic E-state index is -0.544. The zero-order chi connectivity index (χ0) is 15.7. The van der Waals surface area contributed by atoms with E-state index in [1.807, 2.05) is 0 Å². The van der Waals surface area contributed by atoms with E-state index in [0.29, 0.717) is 24.8 Å². The van der Waals surface area contributed by atoms with Crippen LogP contribution in [0.5, 0.6) is 0 Å². The van der Waals surface area contributed by atoms with Gasteiger partial charge in [-0.25, -0.2) is 0 Å². The fourth-order valence-electron chi connectivity index (χ4n) is 3.56. The molecule has 0 aromatic carbocycles. The largest absolute Gasteiger partial charge is 0.356 e. The van der Waals surface area contributed by atoms with Crippen LogP contribution in [0.15, 0.2) is 0 Å². The molecule has 3 aliphatic rings. The van der Waals surface area contributed by atoms with Crippen LogP contribution in [0, 0.1) is 29.1 Å². The average molecular weight is 344 g/mol. The maximum absolute atomic E-state index is 12.6. The van der Waals surface area contributed by atoms with Crippen molar-refractivity contribution in [3.8, 4) is 0 Å². The molecule has 5 nitrogen and oxygen atoms in total. The Morgan fingerprint density at radius 1 is 1.09 bits per heavy atom. The molecular formula is C17H30ClN3O2. The Hall–Kier alpha value is -0.810. The SMILES string of the molecule is CC1CC1CNC(=O)CC1(C(=O)NCC2CC2C)CCNC1.Cl. The molecule has 5 unspecified atom stereocenters. The van der Waals surface area contributed by atoms with Crippen LogP contribution in [0.1, 0.15) is 39.5 Å². The van der Waals surface area contributed by atoms with Gasteiger partial charge in [-0.1, -0.05) is 13.8 Å². The molecule has 0 aromatic rings. The van der Waals surface area contributed by atoms with Crippen LogP contribution in [0.4, 0.5) is 0 Å². The molecule has 2 saturated carbocycles. The predicted octanol–water partition coefficient (Wildman–Crippen LogP) is 1.32. The lowest BCUT2D eigenvalue weighted by atomic mass is 9.82. The predicted molar refractivity (Wildman–Crippen MR) is 92.3 cm³/mol. The Morgan fingerprint density at radius 2 is 1.65 bits per heavy atom. The van der Waals surface area contributed by atoms with E-state index in [1.54, 1.807) is 0 Å². The molecular weight excluding hydrogens is 314 g/mol. The molecule has 3 fully saturated rings. The summed E-state index contributed by atoms with van der Waals surface area (Å²) >= 11 is 0. The second kappa shape index (κ2) is 7.39. The number of nitrogens with one attached hydrogen (secondary N) is 3. The maximum atomic E-state index is 12.6. The normalized spacial score (nSPS) is 37.7. The van der Waals surface area contributed by atoms with Crippen LogP contribution in [-0.2, 0) is 9.59 Å². The van der Waals surface area contributed by atoms with Crippen LogP contribution in [-0.4, -0.2) is 38.0 Å². The lowest BCUT2D eigenvalue weighted by Gasteiger charge is -2.26. The summed E-state index contributed by atoms with van der Waals surface area (Å²) in [5.41, 5.74) is -0.544. The first-order valence-corrected chi connectivity index (χ1v) is 8.76. The molecule has 1 heterocycles. The lowest BCUT2D eigenvalue weighted by Crippen LogP contribution is -2.46. The third kappa shape index (κ3) is 4.60. The molecule has 1 saturated heterocycles. The molecule has 132 valence electrons. The van der Waals surface area contributed by atoms with Crippen molar-refractivity contribution in [2.75, 3.05) is 26.2 Å². The molecule has 0 bridgehead atoms. The van der Waals surface area contributed by atoms with Gasteiger partial charge in [0.15, 0.2) is 0 Å². The van der Waals surface area contributed by atoms with Crippen molar-refractivity contribution < 1.29 is 9.59 Å². The summed E-state index contributed by atoms with van der Waals surface area (Å²) in [5.74, 6) is 2.85. The van der Waals surface area contributed by atoms with E-state index in [4.69, 9.17) is 0 Å². The number of amides is 2. The number of carbonyl (C=O) groups is 2. The molecule has 0 spiro atoms. The van der Waals surface area contributed by atoms with Gasteiger partial charge < -0.3 is 16.0 Å². The Balaban J connectivity index is 0.00000192. The van der Waals surface area contributed by atoms with Crippen LogP contribution in [0.2, 0.25) is 0 Å². The molecule has 0 radical (unpaired) electrons. The van der Waals surface area contributed by atoms with Crippen molar-refractivity contribution in [3.05, 3.63) is 0 Å². The number of carbonyl (C=O) groups excluding carboxylic acids is 2. The third-order valence-corrected chi connectivity index (χ3v) is 5.86. The van der Waals surface area contributed by atoms with Crippen molar-refractivity contribution in [3.63, 3.8) is 0 Å². The van der Waals surface area contributed by atoms with Crippen LogP contribution in [0.25, 0.3) is 0 Å². The monoisotopic (exact) mass is 343 g/mol. The topological polar surface area (TPSA) is 70.2 Å². The zero-order valence-corrected chi connectivity index (χ0v) is 15.0. The van der Waals surface area contributed by atoms with E-state index >= 15 is 0 Å². The Labute approximate surface area is 145 Å². The standard InChI is InChI=1S/C17H29N3O2.ClH/c1-11-5-13(11)8-19-15(21)7-17(3-4-18-10-17)16(22)20-9-14-6-12(14)2;/h11-14,18H,3-10H2,1-2H3,(H,19,21)(H,20,22);1H. The fraction of sp³-hybridized carbons (Fsp3) is 0.882. The summed E-state index contributed by atoms with van der Waals surface area (Å²) in [5, 5.41) is 9.36. The number of hydrogen-bond acceptors (Lipinski definition) is 3. The summed E-state index contributed by atoms with van der Waals surface area (Å²) in [6.45, 7) is 7.40. The molecule has 5 atom stereocenters. The van der Waals surface area contributed by atoms with E-state index in [2.05, 4.69) is 29.8 Å². The Morgan fingerprint density at radius 3 is 2.13 bits per heavy atom. The van der Waals surface area contributed by atoms with E-state index < -0.39 is 5.41 Å². The number of rotatable bonds is 7. The molecule has 1 aliphatic heterocycles. The van der Waals surface area contributed by atoms with E-state index in [-0.39, 0.29) is 24.2 Å². The van der Waals surface area contributed by atoms with Gasteiger partial charge in [-0.05, 0) is 49.5 Å². The van der Waals surface area contributed by atoms with Gasteiger partial charge in [-0.15, -0.1) is 12.4 Å². The van der Waals surface area contributed by atoms with Gasteiger partial charge in [-0.3, -0.25) is 9.59 Å². The molecule has 3 rings (SSSR count). The Kier molecular flexibility index (Phi) is 5.95. The van der Waals surface area contributed by atoms with Gasteiger partial charge in [0.2, 0.25) is 11.8 Å². The first-order chi connectivity index (χ1) is 10.5. The van der Waals surface area contributed by atoms with Gasteiger partial charge in [0.1, 0.15) is 0 Å². The Bertz CT molecular complexity index is 451. The fourth-order valence-corrected chi connectivity index (χ4v) is 3.56. The summed E-state index contributed by atoms with van der Waals surface area (Å²) in [7, 11) is 0. The highest BCUT2D eigenvalue weighted by molar-refractivity contribution is 5.89. The van der Waals surface area contributed by atoms with Crippen molar-refractivity contribution in [1.82, 2.24) is 16.0 Å². The molecule has 6 heteroatoms. The first kappa shape index (κ1) is 18.5. The molecule has 2 aliphatic carbocycles. The highest BCUT2D eigenvalue weighted by atomic mass is 35.5. The van der Waals surface area contributed by atoms with Crippen LogP contribution in [0.3, 0.4) is 0 Å². The lowest BCUT2D eigenvalue weighted by molar-refractivity contribution is -0.135. The minimum absolute atomic E-state index is 0. The molecule has 2 amide bonds. The van der Waals surface area contributed by atoms with Crippen molar-refractivity contribution in [2.24, 2.45) is 29.1 Å². The number of halogens is 1.